The molecule has 2 rings (SSSR count). The number of carbonyl (C=O) groups excluding carboxylic acids is 3. The van der Waals surface area contributed by atoms with E-state index in [9.17, 15) is 14.4 Å². The van der Waals surface area contributed by atoms with E-state index >= 15 is 0 Å². The van der Waals surface area contributed by atoms with E-state index in [-0.39, 0.29) is 17.8 Å². The molecule has 0 aliphatic heterocycles. The first-order valence-electron chi connectivity index (χ1n) is 8.59. The lowest BCUT2D eigenvalue weighted by atomic mass is 10.1. The van der Waals surface area contributed by atoms with Gasteiger partial charge in [-0.2, -0.15) is 0 Å². The monoisotopic (exact) mass is 373 g/mol. The fourth-order valence-electron chi connectivity index (χ4n) is 2.95. The Morgan fingerprint density at radius 2 is 1.85 bits per heavy atom. The number of benzene rings is 1. The van der Waals surface area contributed by atoms with Crippen LogP contribution in [-0.4, -0.2) is 34.7 Å². The SMILES string of the molecule is COC(=O)c1cc(-c2ccccc2)c(C(N)=O)n1CCCCCC(=O)NO. The Bertz CT molecular complexity index is 814. The average Bonchev–Trinajstić information content (AvgIpc) is 3.07. The molecule has 144 valence electrons. The van der Waals surface area contributed by atoms with E-state index in [0.717, 1.165) is 5.56 Å². The lowest BCUT2D eigenvalue weighted by Crippen LogP contribution is -2.21. The van der Waals surface area contributed by atoms with Gasteiger partial charge in [0.25, 0.3) is 5.91 Å². The number of esters is 1. The molecule has 1 heterocycles. The first-order chi connectivity index (χ1) is 13.0. The van der Waals surface area contributed by atoms with Gasteiger partial charge in [-0.05, 0) is 24.5 Å². The molecule has 8 nitrogen and oxygen atoms in total. The van der Waals surface area contributed by atoms with Gasteiger partial charge in [-0.25, -0.2) is 10.3 Å². The number of unbranched alkanes of at least 4 members (excludes halogenated alkanes) is 2. The van der Waals surface area contributed by atoms with Crippen molar-refractivity contribution >= 4 is 17.8 Å². The highest BCUT2D eigenvalue weighted by Crippen LogP contribution is 2.28. The number of primary amides is 1. The second-order valence-electron chi connectivity index (χ2n) is 6.01. The first kappa shape index (κ1) is 20.2. The van der Waals surface area contributed by atoms with Crippen LogP contribution < -0.4 is 11.2 Å². The number of hydrogen-bond acceptors (Lipinski definition) is 5. The van der Waals surface area contributed by atoms with Crippen LogP contribution in [0.5, 0.6) is 0 Å². The van der Waals surface area contributed by atoms with E-state index in [2.05, 4.69) is 0 Å². The van der Waals surface area contributed by atoms with Gasteiger partial charge < -0.3 is 15.0 Å². The molecular formula is C19H23N3O5. The Labute approximate surface area is 156 Å². The minimum atomic E-state index is -0.635. The van der Waals surface area contributed by atoms with E-state index in [1.165, 1.54) is 7.11 Å². The molecule has 0 radical (unpaired) electrons. The van der Waals surface area contributed by atoms with Crippen LogP contribution in [0.25, 0.3) is 11.1 Å². The number of nitrogens with two attached hydrogens (primary N) is 1. The van der Waals surface area contributed by atoms with E-state index in [1.807, 2.05) is 30.3 Å². The highest BCUT2D eigenvalue weighted by Gasteiger charge is 2.24. The van der Waals surface area contributed by atoms with Crippen molar-refractivity contribution in [1.29, 1.82) is 0 Å². The third-order valence-corrected chi connectivity index (χ3v) is 4.22. The van der Waals surface area contributed by atoms with Gasteiger partial charge in [0.2, 0.25) is 5.91 Å². The molecule has 0 fully saturated rings. The van der Waals surface area contributed by atoms with Gasteiger partial charge in [-0.15, -0.1) is 0 Å². The number of carbonyl (C=O) groups is 3. The zero-order chi connectivity index (χ0) is 19.8. The first-order valence-corrected chi connectivity index (χ1v) is 8.59. The van der Waals surface area contributed by atoms with Crippen molar-refractivity contribution in [3.63, 3.8) is 0 Å². The Kier molecular flexibility index (Phi) is 7.13. The normalized spacial score (nSPS) is 10.4. The zero-order valence-corrected chi connectivity index (χ0v) is 15.1. The summed E-state index contributed by atoms with van der Waals surface area (Å²) in [7, 11) is 1.28. The van der Waals surface area contributed by atoms with Crippen LogP contribution in [0.2, 0.25) is 0 Å². The molecule has 0 spiro atoms. The molecule has 2 amide bonds. The highest BCUT2D eigenvalue weighted by molar-refractivity contribution is 6.02. The van der Waals surface area contributed by atoms with Crippen LogP contribution in [0, 0.1) is 0 Å². The molecule has 2 aromatic rings. The number of aromatic nitrogens is 1. The topological polar surface area (TPSA) is 124 Å². The van der Waals surface area contributed by atoms with E-state index < -0.39 is 17.8 Å². The summed E-state index contributed by atoms with van der Waals surface area (Å²) in [4.78, 5) is 35.4. The number of nitrogens with zero attached hydrogens (tertiary/aromatic N) is 1. The summed E-state index contributed by atoms with van der Waals surface area (Å²) in [5, 5.41) is 8.50. The summed E-state index contributed by atoms with van der Waals surface area (Å²) >= 11 is 0. The molecule has 8 heteroatoms. The van der Waals surface area contributed by atoms with Crippen LogP contribution in [0.1, 0.15) is 46.7 Å². The molecule has 0 saturated carbocycles. The fourth-order valence-corrected chi connectivity index (χ4v) is 2.95. The summed E-state index contributed by atoms with van der Waals surface area (Å²) in [6, 6.07) is 10.8. The highest BCUT2D eigenvalue weighted by atomic mass is 16.5. The predicted molar refractivity (Wildman–Crippen MR) is 98.1 cm³/mol. The van der Waals surface area contributed by atoms with Crippen LogP contribution in [0.15, 0.2) is 36.4 Å². The number of ether oxygens (including phenoxy) is 1. The molecule has 0 aliphatic carbocycles. The van der Waals surface area contributed by atoms with Gasteiger partial charge in [0.05, 0.1) is 7.11 Å². The lowest BCUT2D eigenvalue weighted by molar-refractivity contribution is -0.129. The second-order valence-corrected chi connectivity index (χ2v) is 6.01. The van der Waals surface area contributed by atoms with Crippen molar-refractivity contribution < 1.29 is 24.3 Å². The number of rotatable bonds is 9. The van der Waals surface area contributed by atoms with Gasteiger partial charge >= 0.3 is 5.97 Å². The van der Waals surface area contributed by atoms with Crippen LogP contribution in [-0.2, 0) is 16.1 Å². The molecule has 0 bridgehead atoms. The maximum atomic E-state index is 12.2. The maximum absolute atomic E-state index is 12.2. The van der Waals surface area contributed by atoms with Crippen LogP contribution in [0.3, 0.4) is 0 Å². The number of methoxy groups -OCH3 is 1. The quantitative estimate of drug-likeness (QED) is 0.269. The standard InChI is InChI=1S/C19H23N3O5/c1-27-19(25)15-12-14(13-8-4-2-5-9-13)17(18(20)24)22(15)11-7-3-6-10-16(23)21-26/h2,4-5,8-9,12,26H,3,6-7,10-11H2,1H3,(H2,20,24)(H,21,23). The summed E-state index contributed by atoms with van der Waals surface area (Å²) in [6.45, 7) is 0.371. The summed E-state index contributed by atoms with van der Waals surface area (Å²) in [5.74, 6) is -1.64. The second kappa shape index (κ2) is 9.54. The van der Waals surface area contributed by atoms with Gasteiger partial charge in [0, 0.05) is 18.5 Å². The summed E-state index contributed by atoms with van der Waals surface area (Å²) in [6.07, 6.45) is 2.06. The molecule has 0 aliphatic rings. The molecule has 1 aromatic carbocycles. The minimum absolute atomic E-state index is 0.198. The van der Waals surface area contributed by atoms with Crippen LogP contribution in [0.4, 0.5) is 0 Å². The van der Waals surface area contributed by atoms with Gasteiger partial charge in [0.15, 0.2) is 0 Å². The van der Waals surface area contributed by atoms with Crippen molar-refractivity contribution in [2.24, 2.45) is 5.73 Å². The van der Waals surface area contributed by atoms with Gasteiger partial charge in [-0.3, -0.25) is 14.8 Å². The molecule has 4 N–H and O–H groups in total. The molecular weight excluding hydrogens is 350 g/mol. The van der Waals surface area contributed by atoms with Crippen molar-refractivity contribution in [3.8, 4) is 11.1 Å². The summed E-state index contributed by atoms with van der Waals surface area (Å²) in [5.41, 5.74) is 9.03. The van der Waals surface area contributed by atoms with Crippen LogP contribution >= 0.6 is 0 Å². The Balaban J connectivity index is 2.30. The smallest absolute Gasteiger partial charge is 0.354 e. The molecule has 0 atom stereocenters. The zero-order valence-electron chi connectivity index (χ0n) is 15.1. The van der Waals surface area contributed by atoms with Crippen molar-refractivity contribution in [2.75, 3.05) is 7.11 Å². The van der Waals surface area contributed by atoms with Crippen molar-refractivity contribution in [2.45, 2.75) is 32.2 Å². The van der Waals surface area contributed by atoms with Crippen molar-refractivity contribution in [3.05, 3.63) is 47.8 Å². The average molecular weight is 373 g/mol. The largest absolute Gasteiger partial charge is 0.464 e. The molecule has 0 unspecified atom stereocenters. The minimum Gasteiger partial charge on any atom is -0.464 e. The summed E-state index contributed by atoms with van der Waals surface area (Å²) < 4.78 is 6.41. The third-order valence-electron chi connectivity index (χ3n) is 4.22. The Hall–Kier alpha value is -3.13. The predicted octanol–water partition coefficient (Wildman–Crippen LogP) is 2.11. The molecule has 0 saturated heterocycles. The van der Waals surface area contributed by atoms with Crippen molar-refractivity contribution in [1.82, 2.24) is 10.0 Å². The van der Waals surface area contributed by atoms with Gasteiger partial charge in [0.1, 0.15) is 11.4 Å². The number of amides is 2. The number of hydrogen-bond donors (Lipinski definition) is 3. The number of hydroxylamine groups is 1. The van der Waals surface area contributed by atoms with E-state index in [1.54, 1.807) is 16.1 Å². The van der Waals surface area contributed by atoms with E-state index in [0.29, 0.717) is 31.4 Å². The number of nitrogens with one attached hydrogen (secondary N) is 1. The fraction of sp³-hybridized carbons (Fsp3) is 0.316. The van der Waals surface area contributed by atoms with E-state index in [4.69, 9.17) is 15.7 Å². The molecule has 1 aromatic heterocycles. The Morgan fingerprint density at radius 3 is 2.44 bits per heavy atom. The Morgan fingerprint density at radius 1 is 1.15 bits per heavy atom. The van der Waals surface area contributed by atoms with Gasteiger partial charge in [-0.1, -0.05) is 36.8 Å². The lowest BCUT2D eigenvalue weighted by Gasteiger charge is -2.11. The third kappa shape index (κ3) is 4.95. The molecule has 27 heavy (non-hydrogen) atoms. The maximum Gasteiger partial charge on any atom is 0.354 e.